The summed E-state index contributed by atoms with van der Waals surface area (Å²) in [5, 5.41) is 13.6. The lowest BCUT2D eigenvalue weighted by atomic mass is 10.1. The molecule has 0 unspecified atom stereocenters. The zero-order valence-electron chi connectivity index (χ0n) is 16.4. The molecule has 0 fully saturated rings. The molecule has 1 aromatic carbocycles. The van der Waals surface area contributed by atoms with Crippen molar-refractivity contribution in [2.75, 3.05) is 33.7 Å². The maximum absolute atomic E-state index is 12.8. The summed E-state index contributed by atoms with van der Waals surface area (Å²) in [4.78, 5) is 29.3. The minimum atomic E-state index is -0.0984. The van der Waals surface area contributed by atoms with Crippen molar-refractivity contribution in [2.45, 2.75) is 19.4 Å². The molecule has 28 heavy (non-hydrogen) atoms. The Hall–Kier alpha value is -2.69. The first-order valence-corrected chi connectivity index (χ1v) is 10.1. The van der Waals surface area contributed by atoms with Crippen LogP contribution in [-0.2, 0) is 6.54 Å². The zero-order chi connectivity index (χ0) is 20.4. The van der Waals surface area contributed by atoms with Gasteiger partial charge in [0.25, 0.3) is 11.8 Å². The number of hydrogen-bond acceptors (Lipinski definition) is 5. The van der Waals surface area contributed by atoms with Gasteiger partial charge in [-0.25, -0.2) is 0 Å². The molecule has 0 atom stereocenters. The van der Waals surface area contributed by atoms with Crippen molar-refractivity contribution >= 4 is 23.2 Å². The highest BCUT2D eigenvalue weighted by molar-refractivity contribution is 7.12. The summed E-state index contributed by atoms with van der Waals surface area (Å²) in [6.07, 6.45) is 1.18. The van der Waals surface area contributed by atoms with Crippen LogP contribution in [-0.4, -0.2) is 55.3 Å². The Kier molecular flexibility index (Phi) is 8.66. The van der Waals surface area contributed by atoms with E-state index in [0.717, 1.165) is 18.5 Å². The fourth-order valence-electron chi connectivity index (χ4n) is 2.70. The van der Waals surface area contributed by atoms with E-state index in [1.54, 1.807) is 23.1 Å². The number of carbonyl (C=O) groups excluding carboxylic acids is 2. The maximum atomic E-state index is 12.8. The van der Waals surface area contributed by atoms with Gasteiger partial charge in [0.1, 0.15) is 0 Å². The van der Waals surface area contributed by atoms with Gasteiger partial charge in [0, 0.05) is 25.2 Å². The Labute approximate surface area is 170 Å². The SMILES string of the molecule is CN(C)CCCN(CCC#N)C(=O)c1ccc(CNC(=O)c2cccs2)cc1. The summed E-state index contributed by atoms with van der Waals surface area (Å²) in [6, 6.07) is 13.0. The number of carbonyl (C=O) groups is 2. The first-order chi connectivity index (χ1) is 13.5. The first kappa shape index (κ1) is 21.6. The number of rotatable bonds is 10. The topological polar surface area (TPSA) is 76.4 Å². The van der Waals surface area contributed by atoms with Crippen molar-refractivity contribution in [3.8, 4) is 6.07 Å². The summed E-state index contributed by atoms with van der Waals surface area (Å²) < 4.78 is 0. The summed E-state index contributed by atoms with van der Waals surface area (Å²) >= 11 is 1.40. The molecule has 0 aliphatic heterocycles. The molecule has 1 heterocycles. The van der Waals surface area contributed by atoms with E-state index in [9.17, 15) is 9.59 Å². The Morgan fingerprint density at radius 1 is 1.11 bits per heavy atom. The van der Waals surface area contributed by atoms with E-state index in [4.69, 9.17) is 5.26 Å². The van der Waals surface area contributed by atoms with Gasteiger partial charge in [-0.15, -0.1) is 11.3 Å². The van der Waals surface area contributed by atoms with Gasteiger partial charge < -0.3 is 15.1 Å². The first-order valence-electron chi connectivity index (χ1n) is 9.23. The summed E-state index contributed by atoms with van der Waals surface area (Å²) in [5.41, 5.74) is 1.52. The van der Waals surface area contributed by atoms with Crippen LogP contribution in [0.5, 0.6) is 0 Å². The molecule has 2 aromatic rings. The molecule has 1 aromatic heterocycles. The lowest BCUT2D eigenvalue weighted by Gasteiger charge is -2.22. The molecule has 0 spiro atoms. The number of thiophene rings is 1. The lowest BCUT2D eigenvalue weighted by Crippen LogP contribution is -2.34. The van der Waals surface area contributed by atoms with Gasteiger partial charge in [-0.2, -0.15) is 5.26 Å². The van der Waals surface area contributed by atoms with Crippen molar-refractivity contribution in [1.82, 2.24) is 15.1 Å². The van der Waals surface area contributed by atoms with Gasteiger partial charge in [0.05, 0.1) is 17.4 Å². The molecule has 2 amide bonds. The van der Waals surface area contributed by atoms with Gasteiger partial charge >= 0.3 is 0 Å². The second-order valence-electron chi connectivity index (χ2n) is 6.71. The van der Waals surface area contributed by atoms with Crippen LogP contribution in [0.1, 0.15) is 38.4 Å². The van der Waals surface area contributed by atoms with E-state index in [0.29, 0.717) is 36.5 Å². The Bertz CT molecular complexity index is 795. The fraction of sp³-hybridized carbons (Fsp3) is 0.381. The van der Waals surface area contributed by atoms with Crippen molar-refractivity contribution < 1.29 is 9.59 Å². The predicted molar refractivity (Wildman–Crippen MR) is 111 cm³/mol. The van der Waals surface area contributed by atoms with Crippen molar-refractivity contribution in [3.63, 3.8) is 0 Å². The standard InChI is InChI=1S/C21H26N4O2S/c1-24(2)12-5-14-25(13-4-11-22)21(27)18-9-7-17(8-10-18)16-23-20(26)19-6-3-15-28-19/h3,6-10,15H,4-5,12-14,16H2,1-2H3,(H,23,26). The van der Waals surface area contributed by atoms with Crippen LogP contribution in [0, 0.1) is 11.3 Å². The third-order valence-electron chi connectivity index (χ3n) is 4.21. The van der Waals surface area contributed by atoms with Crippen LogP contribution in [0.3, 0.4) is 0 Å². The van der Waals surface area contributed by atoms with Crippen LogP contribution >= 0.6 is 11.3 Å². The zero-order valence-corrected chi connectivity index (χ0v) is 17.2. The Morgan fingerprint density at radius 3 is 2.46 bits per heavy atom. The normalized spacial score (nSPS) is 10.5. The molecule has 7 heteroatoms. The van der Waals surface area contributed by atoms with E-state index in [1.807, 2.05) is 37.7 Å². The summed E-state index contributed by atoms with van der Waals surface area (Å²) in [6.45, 7) is 2.35. The van der Waals surface area contributed by atoms with Gasteiger partial charge in [-0.05, 0) is 56.2 Å². The predicted octanol–water partition coefficient (Wildman–Crippen LogP) is 2.99. The van der Waals surface area contributed by atoms with E-state index in [2.05, 4.69) is 16.3 Å². The molecule has 0 saturated heterocycles. The maximum Gasteiger partial charge on any atom is 0.261 e. The molecule has 0 bridgehead atoms. The summed E-state index contributed by atoms with van der Waals surface area (Å²) in [5.74, 6) is -0.165. The molecule has 148 valence electrons. The van der Waals surface area contributed by atoms with Crippen LogP contribution < -0.4 is 5.32 Å². The Balaban J connectivity index is 1.93. The summed E-state index contributed by atoms with van der Waals surface area (Å²) in [7, 11) is 3.99. The lowest BCUT2D eigenvalue weighted by molar-refractivity contribution is 0.0753. The number of nitrogens with one attached hydrogen (secondary N) is 1. The smallest absolute Gasteiger partial charge is 0.261 e. The average Bonchev–Trinajstić information content (AvgIpc) is 3.23. The molecule has 1 N–H and O–H groups in total. The van der Waals surface area contributed by atoms with Crippen LogP contribution in [0.25, 0.3) is 0 Å². The fourth-order valence-corrected chi connectivity index (χ4v) is 3.34. The molecule has 0 saturated carbocycles. The Morgan fingerprint density at radius 2 is 1.86 bits per heavy atom. The largest absolute Gasteiger partial charge is 0.347 e. The quantitative estimate of drug-likeness (QED) is 0.667. The van der Waals surface area contributed by atoms with Crippen molar-refractivity contribution in [2.24, 2.45) is 0 Å². The van der Waals surface area contributed by atoms with E-state index >= 15 is 0 Å². The molecular weight excluding hydrogens is 372 g/mol. The third-order valence-corrected chi connectivity index (χ3v) is 5.08. The van der Waals surface area contributed by atoms with Gasteiger partial charge in [-0.3, -0.25) is 9.59 Å². The molecule has 6 nitrogen and oxygen atoms in total. The van der Waals surface area contributed by atoms with E-state index < -0.39 is 0 Å². The number of hydrogen-bond donors (Lipinski definition) is 1. The molecule has 0 aliphatic carbocycles. The highest BCUT2D eigenvalue weighted by atomic mass is 32.1. The highest BCUT2D eigenvalue weighted by Gasteiger charge is 2.15. The number of nitrogens with zero attached hydrogens (tertiary/aromatic N) is 3. The minimum absolute atomic E-state index is 0.0665. The molecule has 2 rings (SSSR count). The van der Waals surface area contributed by atoms with Crippen molar-refractivity contribution in [3.05, 3.63) is 57.8 Å². The number of benzene rings is 1. The molecular formula is C21H26N4O2S. The van der Waals surface area contributed by atoms with Gasteiger partial charge in [0.2, 0.25) is 0 Å². The van der Waals surface area contributed by atoms with E-state index in [-0.39, 0.29) is 11.8 Å². The third kappa shape index (κ3) is 6.80. The molecule has 0 aliphatic rings. The number of amides is 2. The minimum Gasteiger partial charge on any atom is -0.347 e. The molecule has 0 radical (unpaired) electrons. The monoisotopic (exact) mass is 398 g/mol. The van der Waals surface area contributed by atoms with Crippen LogP contribution in [0.15, 0.2) is 41.8 Å². The van der Waals surface area contributed by atoms with Gasteiger partial charge in [0.15, 0.2) is 0 Å². The van der Waals surface area contributed by atoms with Gasteiger partial charge in [-0.1, -0.05) is 18.2 Å². The second-order valence-corrected chi connectivity index (χ2v) is 7.66. The van der Waals surface area contributed by atoms with Crippen molar-refractivity contribution in [1.29, 1.82) is 5.26 Å². The number of nitriles is 1. The van der Waals surface area contributed by atoms with E-state index in [1.165, 1.54) is 11.3 Å². The van der Waals surface area contributed by atoms with Crippen LogP contribution in [0.4, 0.5) is 0 Å². The van der Waals surface area contributed by atoms with Crippen LogP contribution in [0.2, 0.25) is 0 Å². The highest BCUT2D eigenvalue weighted by Crippen LogP contribution is 2.11. The second kappa shape index (κ2) is 11.2. The average molecular weight is 399 g/mol.